The molecule has 0 saturated carbocycles. The Morgan fingerprint density at radius 3 is 2.58 bits per heavy atom. The van der Waals surface area contributed by atoms with Crippen LogP contribution in [0, 0.1) is 12.7 Å². The van der Waals surface area contributed by atoms with Crippen molar-refractivity contribution in [2.24, 2.45) is 4.99 Å². The number of guanidine groups is 1. The van der Waals surface area contributed by atoms with Gasteiger partial charge in [-0.05, 0) is 42.3 Å². The van der Waals surface area contributed by atoms with Crippen LogP contribution in [0.25, 0.3) is 0 Å². The van der Waals surface area contributed by atoms with E-state index in [-0.39, 0.29) is 11.7 Å². The number of halogens is 2. The summed E-state index contributed by atoms with van der Waals surface area (Å²) >= 11 is 3.40. The molecule has 0 spiro atoms. The van der Waals surface area contributed by atoms with E-state index in [2.05, 4.69) is 36.9 Å². The van der Waals surface area contributed by atoms with Gasteiger partial charge in [-0.3, -0.25) is 9.79 Å². The van der Waals surface area contributed by atoms with E-state index >= 15 is 0 Å². The Balaban J connectivity index is 1.75. The zero-order valence-electron chi connectivity index (χ0n) is 14.8. The molecule has 26 heavy (non-hydrogen) atoms. The van der Waals surface area contributed by atoms with Crippen LogP contribution in [-0.4, -0.2) is 25.5 Å². The van der Waals surface area contributed by atoms with Crippen LogP contribution in [0.2, 0.25) is 0 Å². The van der Waals surface area contributed by atoms with Crippen molar-refractivity contribution in [3.63, 3.8) is 0 Å². The molecule has 0 atom stereocenters. The lowest BCUT2D eigenvalue weighted by Gasteiger charge is -2.13. The summed E-state index contributed by atoms with van der Waals surface area (Å²) in [5.74, 6) is 0.247. The molecule has 0 saturated heterocycles. The van der Waals surface area contributed by atoms with E-state index in [9.17, 15) is 9.18 Å². The monoisotopic (exact) mass is 420 g/mol. The van der Waals surface area contributed by atoms with Gasteiger partial charge >= 0.3 is 0 Å². The smallest absolute Gasteiger partial charge is 0.226 e. The Bertz CT molecular complexity index is 778. The van der Waals surface area contributed by atoms with E-state index in [4.69, 9.17) is 0 Å². The summed E-state index contributed by atoms with van der Waals surface area (Å²) in [6, 6.07) is 12.0. The third-order valence-corrected chi connectivity index (χ3v) is 4.21. The van der Waals surface area contributed by atoms with Gasteiger partial charge in [-0.1, -0.05) is 34.1 Å². The lowest BCUT2D eigenvalue weighted by atomic mass is 10.2. The van der Waals surface area contributed by atoms with Crippen LogP contribution >= 0.6 is 15.9 Å². The third kappa shape index (κ3) is 6.48. The third-order valence-electron chi connectivity index (χ3n) is 3.72. The van der Waals surface area contributed by atoms with Crippen molar-refractivity contribution in [3.8, 4) is 0 Å². The number of amides is 1. The number of hydrogen-bond acceptors (Lipinski definition) is 2. The van der Waals surface area contributed by atoms with Crippen molar-refractivity contribution in [3.05, 3.63) is 63.9 Å². The molecule has 138 valence electrons. The maximum atomic E-state index is 12.9. The molecule has 3 N–H and O–H groups in total. The van der Waals surface area contributed by atoms with Gasteiger partial charge in [0.1, 0.15) is 5.82 Å². The van der Waals surface area contributed by atoms with Gasteiger partial charge in [0.05, 0.1) is 0 Å². The summed E-state index contributed by atoms with van der Waals surface area (Å²) in [6.45, 7) is 2.91. The number of aryl methyl sites for hydroxylation is 1. The Hall–Kier alpha value is -2.41. The average Bonchev–Trinajstić information content (AvgIpc) is 2.62. The number of hydrogen-bond donors (Lipinski definition) is 3. The molecule has 0 radical (unpaired) electrons. The molecule has 0 fully saturated rings. The fourth-order valence-corrected chi connectivity index (χ4v) is 2.61. The van der Waals surface area contributed by atoms with Crippen molar-refractivity contribution < 1.29 is 9.18 Å². The lowest BCUT2D eigenvalue weighted by Crippen LogP contribution is -2.38. The van der Waals surface area contributed by atoms with Crippen LogP contribution < -0.4 is 16.0 Å². The Kier molecular flexibility index (Phi) is 7.59. The molecule has 0 bridgehead atoms. The molecule has 0 aliphatic heterocycles. The number of nitrogens with zero attached hydrogens (tertiary/aromatic N) is 1. The molecular weight excluding hydrogens is 399 g/mol. The van der Waals surface area contributed by atoms with Crippen LogP contribution in [0.15, 0.2) is 51.9 Å². The maximum Gasteiger partial charge on any atom is 0.226 e. The first kappa shape index (κ1) is 19.9. The predicted molar refractivity (Wildman–Crippen MR) is 107 cm³/mol. The molecule has 2 aromatic carbocycles. The average molecular weight is 421 g/mol. The molecule has 0 aliphatic carbocycles. The molecule has 1 amide bonds. The number of nitrogens with one attached hydrogen (secondary N) is 3. The molecule has 5 nitrogen and oxygen atoms in total. The van der Waals surface area contributed by atoms with Crippen molar-refractivity contribution in [2.45, 2.75) is 19.9 Å². The van der Waals surface area contributed by atoms with Crippen LogP contribution in [0.3, 0.4) is 0 Å². The minimum atomic E-state index is -0.261. The number of anilines is 1. The zero-order valence-corrected chi connectivity index (χ0v) is 16.4. The number of aliphatic imine (C=N–C) groups is 1. The van der Waals surface area contributed by atoms with Gasteiger partial charge in [-0.15, -0.1) is 0 Å². The molecule has 0 aliphatic rings. The summed E-state index contributed by atoms with van der Waals surface area (Å²) in [7, 11) is 1.66. The van der Waals surface area contributed by atoms with Gasteiger partial charge in [-0.25, -0.2) is 4.39 Å². The fraction of sp³-hybridized carbons (Fsp3) is 0.263. The van der Waals surface area contributed by atoms with Crippen LogP contribution in [0.5, 0.6) is 0 Å². The summed E-state index contributed by atoms with van der Waals surface area (Å²) in [6.07, 6.45) is 0.309. The number of carbonyl (C=O) groups is 1. The minimum absolute atomic E-state index is 0.0762. The van der Waals surface area contributed by atoms with E-state index in [1.807, 2.05) is 25.1 Å². The second kappa shape index (κ2) is 9.91. The van der Waals surface area contributed by atoms with Gasteiger partial charge in [-0.2, -0.15) is 0 Å². The highest BCUT2D eigenvalue weighted by molar-refractivity contribution is 9.10. The van der Waals surface area contributed by atoms with Gasteiger partial charge in [0.15, 0.2) is 5.96 Å². The highest BCUT2D eigenvalue weighted by Gasteiger charge is 2.06. The molecular formula is C19H22BrFN4O. The van der Waals surface area contributed by atoms with Crippen LogP contribution in [0.4, 0.5) is 10.1 Å². The van der Waals surface area contributed by atoms with Crippen molar-refractivity contribution in [1.29, 1.82) is 0 Å². The van der Waals surface area contributed by atoms with Gasteiger partial charge in [0.2, 0.25) is 5.91 Å². The van der Waals surface area contributed by atoms with Crippen LogP contribution in [0.1, 0.15) is 17.5 Å². The number of rotatable bonds is 6. The molecule has 0 unspecified atom stereocenters. The fourth-order valence-electron chi connectivity index (χ4n) is 2.24. The Morgan fingerprint density at radius 2 is 1.88 bits per heavy atom. The first-order valence-corrected chi connectivity index (χ1v) is 9.02. The van der Waals surface area contributed by atoms with Crippen molar-refractivity contribution >= 4 is 33.5 Å². The predicted octanol–water partition coefficient (Wildman–Crippen LogP) is 3.59. The van der Waals surface area contributed by atoms with Crippen LogP contribution in [-0.2, 0) is 11.3 Å². The molecule has 0 aromatic heterocycles. The van der Waals surface area contributed by atoms with E-state index in [1.54, 1.807) is 19.2 Å². The van der Waals surface area contributed by atoms with Gasteiger partial charge in [0.25, 0.3) is 0 Å². The Morgan fingerprint density at radius 1 is 1.15 bits per heavy atom. The maximum absolute atomic E-state index is 12.9. The highest BCUT2D eigenvalue weighted by atomic mass is 79.9. The van der Waals surface area contributed by atoms with Crippen molar-refractivity contribution in [1.82, 2.24) is 10.6 Å². The molecule has 7 heteroatoms. The second-order valence-corrected chi connectivity index (χ2v) is 6.65. The van der Waals surface area contributed by atoms with Gasteiger partial charge in [0, 0.05) is 36.7 Å². The standard InChI is InChI=1S/C19H22BrFN4O/c1-13-3-6-15(20)11-17(13)25-18(26)9-10-23-19(22-2)24-12-14-4-7-16(21)8-5-14/h3-8,11H,9-10,12H2,1-2H3,(H,25,26)(H2,22,23,24). The van der Waals surface area contributed by atoms with Gasteiger partial charge < -0.3 is 16.0 Å². The number of benzene rings is 2. The first-order chi connectivity index (χ1) is 12.5. The summed E-state index contributed by atoms with van der Waals surface area (Å²) in [5.41, 5.74) is 2.74. The lowest BCUT2D eigenvalue weighted by molar-refractivity contribution is -0.116. The first-order valence-electron chi connectivity index (χ1n) is 8.23. The quantitative estimate of drug-likeness (QED) is 0.494. The van der Waals surface area contributed by atoms with E-state index in [0.29, 0.717) is 25.5 Å². The summed E-state index contributed by atoms with van der Waals surface area (Å²) in [4.78, 5) is 16.2. The van der Waals surface area contributed by atoms with Crippen molar-refractivity contribution in [2.75, 3.05) is 18.9 Å². The molecule has 2 aromatic rings. The highest BCUT2D eigenvalue weighted by Crippen LogP contribution is 2.20. The SMILES string of the molecule is CN=C(NCCC(=O)Nc1cc(Br)ccc1C)NCc1ccc(F)cc1. The topological polar surface area (TPSA) is 65.5 Å². The van der Waals surface area contributed by atoms with E-state index < -0.39 is 0 Å². The zero-order chi connectivity index (χ0) is 18.9. The number of carbonyl (C=O) groups excluding carboxylic acids is 1. The molecule has 2 rings (SSSR count). The minimum Gasteiger partial charge on any atom is -0.356 e. The molecule has 0 heterocycles. The Labute approximate surface area is 161 Å². The second-order valence-electron chi connectivity index (χ2n) is 5.74. The largest absolute Gasteiger partial charge is 0.356 e. The summed E-state index contributed by atoms with van der Waals surface area (Å²) < 4.78 is 13.8. The summed E-state index contributed by atoms with van der Waals surface area (Å²) in [5, 5.41) is 9.11. The normalized spacial score (nSPS) is 11.2. The van der Waals surface area contributed by atoms with E-state index in [0.717, 1.165) is 21.3 Å². The van der Waals surface area contributed by atoms with E-state index in [1.165, 1.54) is 12.1 Å².